The van der Waals surface area contributed by atoms with E-state index in [-0.39, 0.29) is 24.5 Å². The number of benzene rings is 2. The molecule has 0 aliphatic carbocycles. The maximum Gasteiger partial charge on any atom is 0.344 e. The van der Waals surface area contributed by atoms with Gasteiger partial charge in [-0.25, -0.2) is 14.6 Å². The first-order chi connectivity index (χ1) is 16.9. The van der Waals surface area contributed by atoms with Crippen molar-refractivity contribution in [2.75, 3.05) is 26.9 Å². The molecule has 0 spiro atoms. The number of aliphatic hydroxyl groups is 1. The van der Waals surface area contributed by atoms with E-state index in [1.807, 2.05) is 38.1 Å². The molecule has 0 saturated heterocycles. The van der Waals surface area contributed by atoms with Crippen LogP contribution in [0, 0.1) is 6.92 Å². The van der Waals surface area contributed by atoms with Crippen LogP contribution in [-0.4, -0.2) is 49.0 Å². The summed E-state index contributed by atoms with van der Waals surface area (Å²) in [5.41, 5.74) is 2.45. The van der Waals surface area contributed by atoms with Gasteiger partial charge in [0.2, 0.25) is 0 Å². The van der Waals surface area contributed by atoms with Crippen LogP contribution >= 0.6 is 11.8 Å². The Morgan fingerprint density at radius 2 is 1.77 bits per heavy atom. The normalized spacial score (nSPS) is 15.4. The number of thioether (sulfide) groups is 1. The van der Waals surface area contributed by atoms with Crippen LogP contribution in [0.15, 0.2) is 63.7 Å². The van der Waals surface area contributed by atoms with Gasteiger partial charge in [-0.3, -0.25) is 0 Å². The van der Waals surface area contributed by atoms with Crippen molar-refractivity contribution < 1.29 is 33.6 Å². The van der Waals surface area contributed by atoms with Crippen molar-refractivity contribution >= 4 is 40.5 Å². The number of carbonyl (C=O) groups excluding carboxylic acids is 2. The lowest BCUT2D eigenvalue weighted by atomic mass is 10.1. The molecule has 0 atom stereocenters. The largest absolute Gasteiger partial charge is 0.506 e. The van der Waals surface area contributed by atoms with Crippen molar-refractivity contribution in [3.8, 4) is 11.5 Å². The molecule has 1 aliphatic rings. The fraction of sp³-hybridized carbons (Fsp3) is 0.269. The highest BCUT2D eigenvalue weighted by atomic mass is 32.2. The summed E-state index contributed by atoms with van der Waals surface area (Å²) in [4.78, 5) is 29.0. The minimum atomic E-state index is -0.645. The van der Waals surface area contributed by atoms with Crippen molar-refractivity contribution in [1.29, 1.82) is 0 Å². The molecule has 184 valence electrons. The van der Waals surface area contributed by atoms with E-state index < -0.39 is 11.9 Å². The lowest BCUT2D eigenvalue weighted by molar-refractivity contribution is -0.143. The minimum Gasteiger partial charge on any atom is -0.506 e. The number of methoxy groups -OCH3 is 1. The van der Waals surface area contributed by atoms with Crippen molar-refractivity contribution in [2.45, 2.75) is 20.8 Å². The van der Waals surface area contributed by atoms with Gasteiger partial charge in [-0.1, -0.05) is 35.5 Å². The highest BCUT2D eigenvalue weighted by molar-refractivity contribution is 8.18. The Morgan fingerprint density at radius 1 is 1.03 bits per heavy atom. The fourth-order valence-corrected chi connectivity index (χ4v) is 4.11. The number of aliphatic imine (C=N–C) groups is 1. The molecule has 0 bridgehead atoms. The first kappa shape index (κ1) is 25.9. The zero-order valence-electron chi connectivity index (χ0n) is 20.0. The van der Waals surface area contributed by atoms with E-state index in [0.717, 1.165) is 5.56 Å². The summed E-state index contributed by atoms with van der Waals surface area (Å²) < 4.78 is 20.9. The number of rotatable bonds is 9. The number of carbonyl (C=O) groups is 2. The van der Waals surface area contributed by atoms with Crippen molar-refractivity contribution in [1.82, 2.24) is 0 Å². The number of aryl methyl sites for hydroxylation is 1. The molecule has 1 N–H and O–H groups in total. The molecule has 0 fully saturated rings. The Balaban J connectivity index is 1.96. The van der Waals surface area contributed by atoms with Crippen molar-refractivity contribution in [3.05, 3.63) is 69.8 Å². The van der Waals surface area contributed by atoms with Crippen LogP contribution in [0.25, 0.3) is 6.08 Å². The van der Waals surface area contributed by atoms with E-state index in [1.54, 1.807) is 31.2 Å². The molecule has 1 aliphatic heterocycles. The van der Waals surface area contributed by atoms with E-state index in [4.69, 9.17) is 14.2 Å². The molecule has 35 heavy (non-hydrogen) atoms. The van der Waals surface area contributed by atoms with Gasteiger partial charge in [0.15, 0.2) is 18.1 Å². The number of hydrogen-bond acceptors (Lipinski definition) is 9. The van der Waals surface area contributed by atoms with Crippen LogP contribution in [0.4, 0.5) is 5.69 Å². The average Bonchev–Trinajstić information content (AvgIpc) is 3.14. The summed E-state index contributed by atoms with van der Waals surface area (Å²) in [7, 11) is 1.28. The van der Waals surface area contributed by atoms with Gasteiger partial charge in [0.1, 0.15) is 16.4 Å². The van der Waals surface area contributed by atoms with E-state index in [1.165, 1.54) is 18.9 Å². The molecule has 8 nitrogen and oxygen atoms in total. The van der Waals surface area contributed by atoms with Gasteiger partial charge in [-0.15, -0.1) is 0 Å². The van der Waals surface area contributed by atoms with Crippen LogP contribution in [0.5, 0.6) is 11.5 Å². The van der Waals surface area contributed by atoms with E-state index in [2.05, 4.69) is 9.73 Å². The van der Waals surface area contributed by atoms with Crippen molar-refractivity contribution in [2.24, 2.45) is 4.99 Å². The highest BCUT2D eigenvalue weighted by Gasteiger charge is 2.33. The molecule has 9 heteroatoms. The third-order valence-electron chi connectivity index (χ3n) is 4.77. The third-order valence-corrected chi connectivity index (χ3v) is 5.79. The Kier molecular flexibility index (Phi) is 8.97. The summed E-state index contributed by atoms with van der Waals surface area (Å²) in [6.45, 7) is 5.80. The monoisotopic (exact) mass is 497 g/mol. The maximum absolute atomic E-state index is 12.6. The van der Waals surface area contributed by atoms with Gasteiger partial charge in [-0.2, -0.15) is 0 Å². The van der Waals surface area contributed by atoms with E-state index in [0.29, 0.717) is 39.3 Å². The van der Waals surface area contributed by atoms with Gasteiger partial charge < -0.3 is 24.1 Å². The second-order valence-electron chi connectivity index (χ2n) is 7.31. The topological polar surface area (TPSA) is 104 Å². The maximum atomic E-state index is 12.6. The molecular formula is C26H27NO7S. The van der Waals surface area contributed by atoms with Crippen LogP contribution < -0.4 is 9.47 Å². The molecule has 0 saturated carbocycles. The van der Waals surface area contributed by atoms with Gasteiger partial charge >= 0.3 is 11.9 Å². The SMILES string of the molecule is CCOC(=O)C1=C(O)/C(=C/c2ccc(OCC(=O)OC)c(OCC)c2)SC1=Nc1ccc(C)cc1. The quantitative estimate of drug-likeness (QED) is 0.475. The second kappa shape index (κ2) is 12.1. The fourth-order valence-electron chi connectivity index (χ4n) is 3.08. The summed E-state index contributed by atoms with van der Waals surface area (Å²) in [5.74, 6) is -0.553. The standard InChI is InChI=1S/C26H27NO7S/c1-5-32-20-13-17(9-12-19(20)34-15-22(28)31-4)14-21-24(29)23(26(30)33-6-2)25(35-21)27-18-10-7-16(3)8-11-18/h7-14,29H,5-6,15H2,1-4H3/b21-14-,27-25?. The molecule has 2 aromatic rings. The van der Waals surface area contributed by atoms with Gasteiger partial charge in [0, 0.05) is 0 Å². The van der Waals surface area contributed by atoms with Crippen LogP contribution in [0.2, 0.25) is 0 Å². The molecule has 1 heterocycles. The number of nitrogens with zero attached hydrogens (tertiary/aromatic N) is 1. The summed E-state index contributed by atoms with van der Waals surface area (Å²) in [5, 5.41) is 11.2. The Morgan fingerprint density at radius 3 is 2.43 bits per heavy atom. The smallest absolute Gasteiger partial charge is 0.344 e. The Labute approximate surface area is 208 Å². The Hall–Kier alpha value is -3.72. The number of ether oxygens (including phenoxy) is 4. The minimum absolute atomic E-state index is 0.0201. The Bertz CT molecular complexity index is 1180. The second-order valence-corrected chi connectivity index (χ2v) is 8.34. The van der Waals surface area contributed by atoms with Crippen molar-refractivity contribution in [3.63, 3.8) is 0 Å². The summed E-state index contributed by atoms with van der Waals surface area (Å²) >= 11 is 1.17. The molecule has 2 aromatic carbocycles. The predicted octanol–water partition coefficient (Wildman–Crippen LogP) is 5.14. The molecule has 0 unspecified atom stereocenters. The third kappa shape index (κ3) is 6.66. The van der Waals surface area contributed by atoms with Gasteiger partial charge in [0.25, 0.3) is 0 Å². The van der Waals surface area contributed by atoms with Gasteiger partial charge in [0.05, 0.1) is 30.9 Å². The number of hydrogen-bond donors (Lipinski definition) is 1. The zero-order chi connectivity index (χ0) is 25.4. The lowest BCUT2D eigenvalue weighted by Crippen LogP contribution is -2.13. The summed E-state index contributed by atoms with van der Waals surface area (Å²) in [6, 6.07) is 12.6. The molecular weight excluding hydrogens is 470 g/mol. The lowest BCUT2D eigenvalue weighted by Gasteiger charge is -2.12. The zero-order valence-corrected chi connectivity index (χ0v) is 20.8. The number of esters is 2. The van der Waals surface area contributed by atoms with Crippen LogP contribution in [-0.2, 0) is 19.1 Å². The van der Waals surface area contributed by atoms with Crippen LogP contribution in [0.1, 0.15) is 25.0 Å². The van der Waals surface area contributed by atoms with E-state index in [9.17, 15) is 14.7 Å². The molecule has 0 radical (unpaired) electrons. The summed E-state index contributed by atoms with van der Waals surface area (Å²) in [6.07, 6.45) is 1.71. The first-order valence-electron chi connectivity index (χ1n) is 11.0. The molecule has 0 amide bonds. The molecule has 0 aromatic heterocycles. The van der Waals surface area contributed by atoms with Gasteiger partial charge in [-0.05, 0) is 56.7 Å². The highest BCUT2D eigenvalue weighted by Crippen LogP contribution is 2.41. The molecule has 3 rings (SSSR count). The first-order valence-corrected chi connectivity index (χ1v) is 11.8. The average molecular weight is 498 g/mol. The predicted molar refractivity (Wildman–Crippen MR) is 135 cm³/mol. The van der Waals surface area contributed by atoms with Crippen LogP contribution in [0.3, 0.4) is 0 Å². The van der Waals surface area contributed by atoms with E-state index >= 15 is 0 Å². The number of aliphatic hydroxyl groups excluding tert-OH is 1.